The number of benzene rings is 1. The van der Waals surface area contributed by atoms with Crippen molar-refractivity contribution in [1.29, 1.82) is 0 Å². The first-order chi connectivity index (χ1) is 8.65. The van der Waals surface area contributed by atoms with Gasteiger partial charge in [0.25, 0.3) is 0 Å². The van der Waals surface area contributed by atoms with Gasteiger partial charge in [0.05, 0.1) is 17.6 Å². The fourth-order valence-corrected chi connectivity index (χ4v) is 2.25. The lowest BCUT2D eigenvalue weighted by atomic mass is 10.1. The van der Waals surface area contributed by atoms with E-state index in [0.29, 0.717) is 0 Å². The summed E-state index contributed by atoms with van der Waals surface area (Å²) in [7, 11) is 3.99. The lowest BCUT2D eigenvalue weighted by Crippen LogP contribution is -2.32. The predicted octanol–water partition coefficient (Wildman–Crippen LogP) is 2.99. The molecule has 0 amide bonds. The SMILES string of the molecule is CN1C=CC2=[C]N(C)N(c3ccc(Cl)cc3)C2=C1. The van der Waals surface area contributed by atoms with Gasteiger partial charge in [-0.15, -0.1) is 0 Å². The van der Waals surface area contributed by atoms with Crippen molar-refractivity contribution in [2.24, 2.45) is 0 Å². The Labute approximate surface area is 112 Å². The van der Waals surface area contributed by atoms with Crippen molar-refractivity contribution in [1.82, 2.24) is 9.91 Å². The molecule has 3 nitrogen and oxygen atoms in total. The first-order valence-corrected chi connectivity index (χ1v) is 6.08. The summed E-state index contributed by atoms with van der Waals surface area (Å²) in [6.07, 6.45) is 9.46. The van der Waals surface area contributed by atoms with Crippen LogP contribution in [-0.2, 0) is 0 Å². The third-order valence-corrected chi connectivity index (χ3v) is 3.21. The number of hydrazine groups is 1. The van der Waals surface area contributed by atoms with Gasteiger partial charge in [-0.25, -0.2) is 0 Å². The van der Waals surface area contributed by atoms with E-state index < -0.39 is 0 Å². The maximum absolute atomic E-state index is 5.93. The van der Waals surface area contributed by atoms with Crippen molar-refractivity contribution in [3.63, 3.8) is 0 Å². The van der Waals surface area contributed by atoms with Gasteiger partial charge < -0.3 is 4.90 Å². The smallest absolute Gasteiger partial charge is 0.0929 e. The molecule has 1 aromatic rings. The molecule has 2 heterocycles. The van der Waals surface area contributed by atoms with Gasteiger partial charge in [-0.2, -0.15) is 0 Å². The molecule has 0 atom stereocenters. The van der Waals surface area contributed by atoms with Crippen LogP contribution in [0.1, 0.15) is 0 Å². The highest BCUT2D eigenvalue weighted by Crippen LogP contribution is 2.33. The summed E-state index contributed by atoms with van der Waals surface area (Å²) in [5.41, 5.74) is 3.27. The number of fused-ring (bicyclic) bond motifs is 1. The highest BCUT2D eigenvalue weighted by Gasteiger charge is 2.27. The summed E-state index contributed by atoms with van der Waals surface area (Å²) in [5.74, 6) is 0. The molecule has 0 bridgehead atoms. The number of anilines is 1. The van der Waals surface area contributed by atoms with Gasteiger partial charge in [0.1, 0.15) is 0 Å². The van der Waals surface area contributed by atoms with E-state index in [-0.39, 0.29) is 0 Å². The molecule has 0 saturated heterocycles. The van der Waals surface area contributed by atoms with E-state index in [2.05, 4.69) is 23.5 Å². The monoisotopic (exact) mass is 258 g/mol. The van der Waals surface area contributed by atoms with Crippen LogP contribution in [0.3, 0.4) is 0 Å². The van der Waals surface area contributed by atoms with Crippen LogP contribution in [0.5, 0.6) is 0 Å². The Balaban J connectivity index is 2.01. The molecule has 0 fully saturated rings. The second-order valence-electron chi connectivity index (χ2n) is 4.33. The number of hydrogen-bond acceptors (Lipinski definition) is 3. The number of rotatable bonds is 1. The maximum atomic E-state index is 5.93. The molecule has 0 saturated carbocycles. The number of allylic oxidation sites excluding steroid dienone is 1. The van der Waals surface area contributed by atoms with Crippen molar-refractivity contribution in [3.05, 3.63) is 65.2 Å². The van der Waals surface area contributed by atoms with Crippen molar-refractivity contribution in [2.75, 3.05) is 19.1 Å². The van der Waals surface area contributed by atoms with Crippen molar-refractivity contribution >= 4 is 17.3 Å². The second kappa shape index (κ2) is 4.10. The summed E-state index contributed by atoms with van der Waals surface area (Å²) in [5, 5.41) is 4.80. The van der Waals surface area contributed by atoms with E-state index in [1.807, 2.05) is 54.5 Å². The average molecular weight is 259 g/mol. The van der Waals surface area contributed by atoms with E-state index in [1.54, 1.807) is 0 Å². The van der Waals surface area contributed by atoms with Crippen LogP contribution in [0.4, 0.5) is 5.69 Å². The molecule has 3 rings (SSSR count). The minimum Gasteiger partial charge on any atom is -0.355 e. The Kier molecular flexibility index (Phi) is 2.56. The molecule has 18 heavy (non-hydrogen) atoms. The minimum absolute atomic E-state index is 0.743. The number of halogens is 1. The normalized spacial score (nSPS) is 17.8. The Morgan fingerprint density at radius 3 is 2.56 bits per heavy atom. The highest BCUT2D eigenvalue weighted by molar-refractivity contribution is 6.30. The third-order valence-electron chi connectivity index (χ3n) is 2.96. The fraction of sp³-hybridized carbons (Fsp3) is 0.143. The van der Waals surface area contributed by atoms with E-state index in [0.717, 1.165) is 22.0 Å². The first-order valence-electron chi connectivity index (χ1n) is 5.70. The summed E-state index contributed by atoms with van der Waals surface area (Å²) < 4.78 is 0. The summed E-state index contributed by atoms with van der Waals surface area (Å²) >= 11 is 5.93. The summed E-state index contributed by atoms with van der Waals surface area (Å²) in [4.78, 5) is 2.03. The Hall–Kier alpha value is -1.87. The average Bonchev–Trinajstić information content (AvgIpc) is 2.66. The molecular formula is C14H13ClN3. The van der Waals surface area contributed by atoms with Crippen molar-refractivity contribution in [3.8, 4) is 0 Å². The van der Waals surface area contributed by atoms with Gasteiger partial charge >= 0.3 is 0 Å². The quantitative estimate of drug-likeness (QED) is 0.767. The van der Waals surface area contributed by atoms with Gasteiger partial charge in [-0.3, -0.25) is 10.0 Å². The third kappa shape index (κ3) is 1.77. The van der Waals surface area contributed by atoms with Crippen molar-refractivity contribution in [2.45, 2.75) is 0 Å². The van der Waals surface area contributed by atoms with E-state index in [1.165, 1.54) is 0 Å². The molecule has 0 spiro atoms. The van der Waals surface area contributed by atoms with Gasteiger partial charge in [-0.1, -0.05) is 11.6 Å². The number of nitrogens with zero attached hydrogens (tertiary/aromatic N) is 3. The Morgan fingerprint density at radius 2 is 1.83 bits per heavy atom. The summed E-state index contributed by atoms with van der Waals surface area (Å²) in [6, 6.07) is 7.79. The topological polar surface area (TPSA) is 9.72 Å². The maximum Gasteiger partial charge on any atom is 0.0929 e. The van der Waals surface area contributed by atoms with Gasteiger partial charge in [0.2, 0.25) is 0 Å². The zero-order chi connectivity index (χ0) is 12.7. The molecule has 1 aromatic carbocycles. The van der Waals surface area contributed by atoms with Crippen LogP contribution in [0.25, 0.3) is 0 Å². The van der Waals surface area contributed by atoms with Crippen LogP contribution in [-0.4, -0.2) is 24.0 Å². The molecule has 91 valence electrons. The van der Waals surface area contributed by atoms with E-state index in [9.17, 15) is 0 Å². The Bertz CT molecular complexity index is 557. The first kappa shape index (κ1) is 11.2. The van der Waals surface area contributed by atoms with Gasteiger partial charge in [-0.05, 0) is 30.3 Å². The molecule has 0 unspecified atom stereocenters. The van der Waals surface area contributed by atoms with E-state index in [4.69, 9.17) is 11.6 Å². The second-order valence-corrected chi connectivity index (χ2v) is 4.77. The van der Waals surface area contributed by atoms with Crippen LogP contribution >= 0.6 is 11.6 Å². The largest absolute Gasteiger partial charge is 0.355 e. The molecule has 0 N–H and O–H groups in total. The van der Waals surface area contributed by atoms with Gasteiger partial charge in [0, 0.05) is 37.1 Å². The molecule has 2 aliphatic rings. The lowest BCUT2D eigenvalue weighted by Gasteiger charge is -2.30. The predicted molar refractivity (Wildman–Crippen MR) is 73.4 cm³/mol. The minimum atomic E-state index is 0.743. The number of hydrogen-bond donors (Lipinski definition) is 0. The fourth-order valence-electron chi connectivity index (χ4n) is 2.13. The zero-order valence-corrected chi connectivity index (χ0v) is 11.0. The molecule has 0 aromatic heterocycles. The van der Waals surface area contributed by atoms with Crippen LogP contribution in [0.2, 0.25) is 5.02 Å². The standard InChI is InChI=1S/C14H13ClN3/c1-16-8-7-11-9-17(2)18(14(11)10-16)13-5-3-12(15)4-6-13/h3-8,10H,1-2H3. The zero-order valence-electron chi connectivity index (χ0n) is 10.3. The molecule has 1 radical (unpaired) electrons. The highest BCUT2D eigenvalue weighted by atomic mass is 35.5. The molecule has 2 aliphatic heterocycles. The van der Waals surface area contributed by atoms with Crippen LogP contribution in [0, 0.1) is 6.20 Å². The summed E-state index contributed by atoms with van der Waals surface area (Å²) in [6.45, 7) is 0. The van der Waals surface area contributed by atoms with Crippen molar-refractivity contribution < 1.29 is 0 Å². The Morgan fingerprint density at radius 1 is 1.11 bits per heavy atom. The van der Waals surface area contributed by atoms with Gasteiger partial charge in [0.15, 0.2) is 0 Å². The van der Waals surface area contributed by atoms with Crippen LogP contribution in [0.15, 0.2) is 54.0 Å². The van der Waals surface area contributed by atoms with E-state index >= 15 is 0 Å². The lowest BCUT2D eigenvalue weighted by molar-refractivity contribution is 0.451. The van der Waals surface area contributed by atoms with Crippen LogP contribution < -0.4 is 5.01 Å². The molecular weight excluding hydrogens is 246 g/mol. The molecule has 4 heteroatoms. The molecule has 0 aliphatic carbocycles.